The number of nitrogens with zero attached hydrogens (tertiary/aromatic N) is 2. The van der Waals surface area contributed by atoms with Gasteiger partial charge >= 0.3 is 0 Å². The monoisotopic (exact) mass is 163 g/mol. The Morgan fingerprint density at radius 3 is 2.75 bits per heavy atom. The van der Waals surface area contributed by atoms with Gasteiger partial charge < -0.3 is 5.32 Å². The molecule has 2 heterocycles. The highest BCUT2D eigenvalue weighted by Gasteiger charge is 2.17. The first kappa shape index (κ1) is 7.68. The van der Waals surface area contributed by atoms with Crippen molar-refractivity contribution in [1.29, 1.82) is 0 Å². The van der Waals surface area contributed by atoms with Crippen LogP contribution in [0.3, 0.4) is 0 Å². The van der Waals surface area contributed by atoms with E-state index >= 15 is 0 Å². The quantitative estimate of drug-likeness (QED) is 0.691. The first-order valence-corrected chi connectivity index (χ1v) is 4.33. The van der Waals surface area contributed by atoms with Crippen molar-refractivity contribution in [1.82, 2.24) is 15.3 Å². The summed E-state index contributed by atoms with van der Waals surface area (Å²) in [6.45, 7) is 4.23. The summed E-state index contributed by atoms with van der Waals surface area (Å²) in [5, 5.41) is 3.24. The third-order valence-corrected chi connectivity index (χ3v) is 2.20. The zero-order valence-corrected chi connectivity index (χ0v) is 7.25. The van der Waals surface area contributed by atoms with Gasteiger partial charge in [-0.1, -0.05) is 0 Å². The molecular weight excluding hydrogens is 150 g/mol. The number of aromatic nitrogens is 2. The highest BCUT2D eigenvalue weighted by molar-refractivity contribution is 5.02. The van der Waals surface area contributed by atoms with E-state index in [2.05, 4.69) is 15.3 Å². The lowest BCUT2D eigenvalue weighted by Crippen LogP contribution is -2.43. The SMILES string of the molecule is Cc1cnc(CC2CNC2)cn1. The second-order valence-electron chi connectivity index (χ2n) is 3.38. The fraction of sp³-hybridized carbons (Fsp3) is 0.556. The number of nitrogens with one attached hydrogen (secondary N) is 1. The lowest BCUT2D eigenvalue weighted by Gasteiger charge is -2.26. The zero-order valence-electron chi connectivity index (χ0n) is 7.25. The van der Waals surface area contributed by atoms with Crippen molar-refractivity contribution in [2.75, 3.05) is 13.1 Å². The van der Waals surface area contributed by atoms with E-state index in [9.17, 15) is 0 Å². The number of hydrogen-bond donors (Lipinski definition) is 1. The molecule has 0 spiro atoms. The lowest BCUT2D eigenvalue weighted by atomic mass is 9.98. The van der Waals surface area contributed by atoms with Gasteiger partial charge in [0.05, 0.1) is 11.4 Å². The molecule has 2 rings (SSSR count). The molecule has 0 bridgehead atoms. The van der Waals surface area contributed by atoms with Gasteiger partial charge in [0.1, 0.15) is 0 Å². The predicted molar refractivity (Wildman–Crippen MR) is 46.8 cm³/mol. The van der Waals surface area contributed by atoms with Gasteiger partial charge in [-0.2, -0.15) is 0 Å². The van der Waals surface area contributed by atoms with Crippen LogP contribution in [0.1, 0.15) is 11.4 Å². The molecule has 0 unspecified atom stereocenters. The Labute approximate surface area is 72.2 Å². The summed E-state index contributed by atoms with van der Waals surface area (Å²) in [6, 6.07) is 0. The summed E-state index contributed by atoms with van der Waals surface area (Å²) < 4.78 is 0. The number of aryl methyl sites for hydroxylation is 1. The van der Waals surface area contributed by atoms with E-state index in [1.165, 1.54) is 0 Å². The van der Waals surface area contributed by atoms with Crippen LogP contribution in [0.15, 0.2) is 12.4 Å². The summed E-state index contributed by atoms with van der Waals surface area (Å²) in [7, 11) is 0. The molecule has 1 N–H and O–H groups in total. The highest BCUT2D eigenvalue weighted by atomic mass is 14.9. The van der Waals surface area contributed by atoms with E-state index in [4.69, 9.17) is 0 Å². The van der Waals surface area contributed by atoms with Gasteiger partial charge in [0.2, 0.25) is 0 Å². The van der Waals surface area contributed by atoms with Crippen LogP contribution in [0.5, 0.6) is 0 Å². The topological polar surface area (TPSA) is 37.8 Å². The van der Waals surface area contributed by atoms with Crippen LogP contribution >= 0.6 is 0 Å². The van der Waals surface area contributed by atoms with Gasteiger partial charge in [-0.3, -0.25) is 9.97 Å². The maximum absolute atomic E-state index is 4.31. The number of hydrogen-bond acceptors (Lipinski definition) is 3. The van der Waals surface area contributed by atoms with Gasteiger partial charge in [-0.05, 0) is 32.4 Å². The summed E-state index contributed by atoms with van der Waals surface area (Å²) >= 11 is 0. The second-order valence-corrected chi connectivity index (χ2v) is 3.38. The van der Waals surface area contributed by atoms with Crippen LogP contribution < -0.4 is 5.32 Å². The minimum atomic E-state index is 0.780. The van der Waals surface area contributed by atoms with Crippen LogP contribution in [-0.4, -0.2) is 23.1 Å². The molecule has 0 atom stereocenters. The maximum atomic E-state index is 4.31. The predicted octanol–water partition coefficient (Wildman–Crippen LogP) is 0.547. The Hall–Kier alpha value is -0.960. The van der Waals surface area contributed by atoms with Crippen LogP contribution in [-0.2, 0) is 6.42 Å². The van der Waals surface area contributed by atoms with Gasteiger partial charge in [0.15, 0.2) is 0 Å². The zero-order chi connectivity index (χ0) is 8.39. The smallest absolute Gasteiger partial charge is 0.0590 e. The molecule has 1 aliphatic heterocycles. The van der Waals surface area contributed by atoms with Crippen molar-refractivity contribution in [3.05, 3.63) is 23.8 Å². The highest BCUT2D eigenvalue weighted by Crippen LogP contribution is 2.09. The Morgan fingerprint density at radius 2 is 2.25 bits per heavy atom. The van der Waals surface area contributed by atoms with Crippen molar-refractivity contribution in [3.8, 4) is 0 Å². The van der Waals surface area contributed by atoms with E-state index in [0.29, 0.717) is 0 Å². The van der Waals surface area contributed by atoms with Gasteiger partial charge in [-0.15, -0.1) is 0 Å². The van der Waals surface area contributed by atoms with Gasteiger partial charge in [0.25, 0.3) is 0 Å². The first-order chi connectivity index (χ1) is 5.84. The third kappa shape index (κ3) is 1.61. The fourth-order valence-corrected chi connectivity index (χ4v) is 1.31. The van der Waals surface area contributed by atoms with Crippen molar-refractivity contribution in [2.24, 2.45) is 5.92 Å². The molecule has 3 heteroatoms. The summed E-state index contributed by atoms with van der Waals surface area (Å²) in [4.78, 5) is 8.52. The lowest BCUT2D eigenvalue weighted by molar-refractivity contribution is 0.343. The Morgan fingerprint density at radius 1 is 1.42 bits per heavy atom. The number of rotatable bonds is 2. The molecule has 1 saturated heterocycles. The van der Waals surface area contributed by atoms with Crippen LogP contribution in [0.4, 0.5) is 0 Å². The molecular formula is C9H13N3. The van der Waals surface area contributed by atoms with Crippen LogP contribution in [0.2, 0.25) is 0 Å². The molecule has 1 aliphatic rings. The molecule has 1 fully saturated rings. The van der Waals surface area contributed by atoms with Gasteiger partial charge in [-0.25, -0.2) is 0 Å². The minimum absolute atomic E-state index is 0.780. The summed E-state index contributed by atoms with van der Waals surface area (Å²) in [5.41, 5.74) is 2.11. The van der Waals surface area contributed by atoms with E-state index in [1.54, 1.807) is 0 Å². The molecule has 3 nitrogen and oxygen atoms in total. The average Bonchev–Trinajstić information content (AvgIpc) is 2.00. The average molecular weight is 163 g/mol. The van der Waals surface area contributed by atoms with E-state index in [-0.39, 0.29) is 0 Å². The molecule has 0 radical (unpaired) electrons. The first-order valence-electron chi connectivity index (χ1n) is 4.33. The molecule has 1 aromatic rings. The van der Waals surface area contributed by atoms with Crippen LogP contribution in [0, 0.1) is 12.8 Å². The second kappa shape index (κ2) is 3.19. The Bertz CT molecular complexity index is 251. The summed E-state index contributed by atoms with van der Waals surface area (Å²) in [5.74, 6) is 0.780. The van der Waals surface area contributed by atoms with Crippen molar-refractivity contribution < 1.29 is 0 Å². The normalized spacial score (nSPS) is 17.4. The van der Waals surface area contributed by atoms with Gasteiger partial charge in [0, 0.05) is 12.4 Å². The van der Waals surface area contributed by atoms with E-state index in [1.807, 2.05) is 19.3 Å². The van der Waals surface area contributed by atoms with E-state index < -0.39 is 0 Å². The molecule has 0 amide bonds. The maximum Gasteiger partial charge on any atom is 0.0590 e. The fourth-order valence-electron chi connectivity index (χ4n) is 1.31. The summed E-state index contributed by atoms with van der Waals surface area (Å²) in [6.07, 6.45) is 4.79. The van der Waals surface area contributed by atoms with Crippen molar-refractivity contribution in [3.63, 3.8) is 0 Å². The van der Waals surface area contributed by atoms with Crippen LogP contribution in [0.25, 0.3) is 0 Å². The Kier molecular flexibility index (Phi) is 2.04. The Balaban J connectivity index is 1.98. The molecule has 12 heavy (non-hydrogen) atoms. The molecule has 0 saturated carbocycles. The van der Waals surface area contributed by atoms with E-state index in [0.717, 1.165) is 36.8 Å². The molecule has 64 valence electrons. The van der Waals surface area contributed by atoms with Crippen molar-refractivity contribution in [2.45, 2.75) is 13.3 Å². The largest absolute Gasteiger partial charge is 0.316 e. The molecule has 0 aliphatic carbocycles. The molecule has 0 aromatic carbocycles. The van der Waals surface area contributed by atoms with Crippen molar-refractivity contribution >= 4 is 0 Å². The standard InChI is InChI=1S/C9H13N3/c1-7-3-12-9(6-11-7)2-8-4-10-5-8/h3,6,8,10H,2,4-5H2,1H3. The molecule has 1 aromatic heterocycles. The third-order valence-electron chi connectivity index (χ3n) is 2.20. The minimum Gasteiger partial charge on any atom is -0.316 e.